The molecule has 1 aromatic carbocycles. The number of hydrogen-bond acceptors (Lipinski definition) is 4. The fourth-order valence-corrected chi connectivity index (χ4v) is 2.58. The quantitative estimate of drug-likeness (QED) is 0.916. The van der Waals surface area contributed by atoms with E-state index in [-0.39, 0.29) is 0 Å². The number of benzene rings is 1. The molecule has 0 aromatic heterocycles. The molecule has 1 aromatic rings. The molecule has 0 amide bonds. The third-order valence-electron chi connectivity index (χ3n) is 2.34. The first kappa shape index (κ1) is 12.5. The molecule has 2 N–H and O–H groups in total. The number of hydrogen-bond donors (Lipinski definition) is 1. The zero-order valence-electron chi connectivity index (χ0n) is 9.56. The van der Waals surface area contributed by atoms with Crippen molar-refractivity contribution in [1.82, 2.24) is 5.01 Å². The van der Waals surface area contributed by atoms with Crippen molar-refractivity contribution in [3.8, 4) is 0 Å². The SMILES string of the molecule is CN1N=C(c2ccc(Cl)cc2)SC1=CCCN. The van der Waals surface area contributed by atoms with Crippen LogP contribution in [0.15, 0.2) is 40.5 Å². The number of halogens is 1. The zero-order valence-corrected chi connectivity index (χ0v) is 11.1. The van der Waals surface area contributed by atoms with Crippen LogP contribution in [0.5, 0.6) is 0 Å². The zero-order chi connectivity index (χ0) is 12.3. The summed E-state index contributed by atoms with van der Waals surface area (Å²) in [6, 6.07) is 7.71. The molecule has 0 aliphatic carbocycles. The molecule has 1 aliphatic rings. The molecule has 0 saturated carbocycles. The molecule has 2 rings (SSSR count). The van der Waals surface area contributed by atoms with Gasteiger partial charge in [-0.05, 0) is 36.9 Å². The van der Waals surface area contributed by atoms with Gasteiger partial charge in [0.25, 0.3) is 0 Å². The summed E-state index contributed by atoms with van der Waals surface area (Å²) in [5.41, 5.74) is 6.58. The van der Waals surface area contributed by atoms with Gasteiger partial charge in [0.15, 0.2) is 0 Å². The molecule has 1 aliphatic heterocycles. The van der Waals surface area contributed by atoms with E-state index < -0.39 is 0 Å². The minimum Gasteiger partial charge on any atom is -0.330 e. The van der Waals surface area contributed by atoms with Gasteiger partial charge in [-0.25, -0.2) is 0 Å². The predicted octanol–water partition coefficient (Wildman–Crippen LogP) is 2.87. The minimum absolute atomic E-state index is 0.661. The molecule has 0 spiro atoms. The number of thioether (sulfide) groups is 1. The van der Waals surface area contributed by atoms with E-state index in [9.17, 15) is 0 Å². The maximum Gasteiger partial charge on any atom is 0.130 e. The van der Waals surface area contributed by atoms with Gasteiger partial charge in [-0.2, -0.15) is 5.10 Å². The van der Waals surface area contributed by atoms with Crippen LogP contribution in [0.2, 0.25) is 5.02 Å². The highest BCUT2D eigenvalue weighted by atomic mass is 35.5. The maximum atomic E-state index is 5.86. The number of nitrogens with two attached hydrogens (primary N) is 1. The molecule has 0 atom stereocenters. The lowest BCUT2D eigenvalue weighted by Gasteiger charge is -2.06. The van der Waals surface area contributed by atoms with Gasteiger partial charge in [0.2, 0.25) is 0 Å². The topological polar surface area (TPSA) is 41.6 Å². The van der Waals surface area contributed by atoms with E-state index in [1.165, 1.54) is 0 Å². The van der Waals surface area contributed by atoms with Crippen LogP contribution in [-0.4, -0.2) is 23.6 Å². The summed E-state index contributed by atoms with van der Waals surface area (Å²) in [4.78, 5) is 0. The Labute approximate surface area is 110 Å². The van der Waals surface area contributed by atoms with Gasteiger partial charge >= 0.3 is 0 Å². The van der Waals surface area contributed by atoms with Crippen LogP contribution in [0.1, 0.15) is 12.0 Å². The molecule has 1 heterocycles. The van der Waals surface area contributed by atoms with Crippen molar-refractivity contribution in [2.75, 3.05) is 13.6 Å². The fraction of sp³-hybridized carbons (Fsp3) is 0.250. The molecular formula is C12H14ClN3S. The maximum absolute atomic E-state index is 5.86. The van der Waals surface area contributed by atoms with Crippen molar-refractivity contribution in [2.45, 2.75) is 6.42 Å². The monoisotopic (exact) mass is 267 g/mol. The second-order valence-electron chi connectivity index (χ2n) is 3.66. The van der Waals surface area contributed by atoms with Gasteiger partial charge in [-0.1, -0.05) is 29.8 Å². The molecular weight excluding hydrogens is 254 g/mol. The highest BCUT2D eigenvalue weighted by Crippen LogP contribution is 2.32. The van der Waals surface area contributed by atoms with Gasteiger partial charge in [0.05, 0.1) is 5.03 Å². The van der Waals surface area contributed by atoms with Crippen molar-refractivity contribution in [2.24, 2.45) is 10.8 Å². The number of hydrazone groups is 1. The Kier molecular flexibility index (Phi) is 4.10. The number of rotatable bonds is 3. The van der Waals surface area contributed by atoms with E-state index in [4.69, 9.17) is 17.3 Å². The number of nitrogens with zero attached hydrogens (tertiary/aromatic N) is 2. The van der Waals surface area contributed by atoms with E-state index in [0.29, 0.717) is 6.54 Å². The van der Waals surface area contributed by atoms with E-state index in [2.05, 4.69) is 11.2 Å². The van der Waals surface area contributed by atoms with Gasteiger partial charge < -0.3 is 5.73 Å². The molecule has 90 valence electrons. The van der Waals surface area contributed by atoms with Crippen molar-refractivity contribution < 1.29 is 0 Å². The first-order chi connectivity index (χ1) is 8.20. The highest BCUT2D eigenvalue weighted by Gasteiger charge is 2.18. The van der Waals surface area contributed by atoms with Crippen LogP contribution in [0.3, 0.4) is 0 Å². The molecule has 0 unspecified atom stereocenters. The Morgan fingerprint density at radius 1 is 1.41 bits per heavy atom. The van der Waals surface area contributed by atoms with Crippen LogP contribution in [0, 0.1) is 0 Å². The molecule has 0 fully saturated rings. The summed E-state index contributed by atoms with van der Waals surface area (Å²) >= 11 is 7.52. The van der Waals surface area contributed by atoms with E-state index in [1.807, 2.05) is 36.3 Å². The van der Waals surface area contributed by atoms with E-state index >= 15 is 0 Å². The third kappa shape index (κ3) is 3.03. The van der Waals surface area contributed by atoms with Gasteiger partial charge in [-0.15, -0.1) is 0 Å². The molecule has 17 heavy (non-hydrogen) atoms. The lowest BCUT2D eigenvalue weighted by Crippen LogP contribution is -2.04. The fourth-order valence-electron chi connectivity index (χ4n) is 1.46. The van der Waals surface area contributed by atoms with Crippen molar-refractivity contribution in [3.63, 3.8) is 0 Å². The molecule has 0 bridgehead atoms. The van der Waals surface area contributed by atoms with Crippen molar-refractivity contribution >= 4 is 28.4 Å². The lowest BCUT2D eigenvalue weighted by molar-refractivity contribution is 0.485. The minimum atomic E-state index is 0.661. The Morgan fingerprint density at radius 3 is 2.76 bits per heavy atom. The van der Waals surface area contributed by atoms with Gasteiger partial charge in [-0.3, -0.25) is 5.01 Å². The van der Waals surface area contributed by atoms with Crippen molar-refractivity contribution in [3.05, 3.63) is 46.0 Å². The average Bonchev–Trinajstić information content (AvgIpc) is 2.69. The first-order valence-corrected chi connectivity index (χ1v) is 6.56. The van der Waals surface area contributed by atoms with Crippen LogP contribution in [0.4, 0.5) is 0 Å². The Bertz CT molecular complexity index is 453. The molecule has 0 radical (unpaired) electrons. The Balaban J connectivity index is 2.15. The largest absolute Gasteiger partial charge is 0.330 e. The second kappa shape index (κ2) is 5.58. The Morgan fingerprint density at radius 2 is 2.12 bits per heavy atom. The summed E-state index contributed by atoms with van der Waals surface area (Å²) in [5.74, 6) is 0. The van der Waals surface area contributed by atoms with E-state index in [0.717, 1.165) is 27.1 Å². The standard InChI is InChI=1S/C12H14ClN3S/c1-16-11(3-2-8-14)17-12(15-16)9-4-6-10(13)7-5-9/h3-7H,2,8,14H2,1H3. The molecule has 3 nitrogen and oxygen atoms in total. The van der Waals surface area contributed by atoms with Crippen LogP contribution in [0.25, 0.3) is 0 Å². The summed E-state index contributed by atoms with van der Waals surface area (Å²) in [7, 11) is 1.94. The Hall–Kier alpha value is -0.970. The van der Waals surface area contributed by atoms with Crippen LogP contribution >= 0.6 is 23.4 Å². The molecule has 5 heteroatoms. The highest BCUT2D eigenvalue weighted by molar-refractivity contribution is 8.17. The van der Waals surface area contributed by atoms with Crippen molar-refractivity contribution in [1.29, 1.82) is 0 Å². The predicted molar refractivity (Wildman–Crippen MR) is 75.1 cm³/mol. The lowest BCUT2D eigenvalue weighted by atomic mass is 10.2. The summed E-state index contributed by atoms with van der Waals surface area (Å²) in [6.07, 6.45) is 2.98. The van der Waals surface area contributed by atoms with Crippen LogP contribution < -0.4 is 5.73 Å². The average molecular weight is 268 g/mol. The third-order valence-corrected chi connectivity index (χ3v) is 3.74. The van der Waals surface area contributed by atoms with Gasteiger partial charge in [0.1, 0.15) is 5.04 Å². The van der Waals surface area contributed by atoms with Gasteiger partial charge in [0, 0.05) is 17.6 Å². The second-order valence-corrected chi connectivity index (χ2v) is 5.10. The summed E-state index contributed by atoms with van der Waals surface area (Å²) in [6.45, 7) is 0.661. The summed E-state index contributed by atoms with van der Waals surface area (Å²) in [5, 5.41) is 9.22. The smallest absolute Gasteiger partial charge is 0.130 e. The first-order valence-electron chi connectivity index (χ1n) is 5.37. The summed E-state index contributed by atoms with van der Waals surface area (Å²) < 4.78 is 0. The van der Waals surface area contributed by atoms with E-state index in [1.54, 1.807) is 11.8 Å². The van der Waals surface area contributed by atoms with Crippen LogP contribution in [-0.2, 0) is 0 Å². The normalized spacial score (nSPS) is 17.7. The molecule has 0 saturated heterocycles.